The molecule has 0 bridgehead atoms. The summed E-state index contributed by atoms with van der Waals surface area (Å²) in [7, 11) is 0. The average molecular weight is 495 g/mol. The summed E-state index contributed by atoms with van der Waals surface area (Å²) in [6.45, 7) is 5.68. The number of rotatable bonds is 8. The first-order valence-corrected chi connectivity index (χ1v) is 13.2. The Kier molecular flexibility index (Phi) is 8.52. The van der Waals surface area contributed by atoms with E-state index in [-0.39, 0.29) is 41.0 Å². The normalized spacial score (nSPS) is 17.9. The zero-order valence-corrected chi connectivity index (χ0v) is 21.3. The lowest BCUT2D eigenvalue weighted by Crippen LogP contribution is -2.42. The second kappa shape index (κ2) is 11.8. The Morgan fingerprint density at radius 1 is 1.00 bits per heavy atom. The van der Waals surface area contributed by atoms with Gasteiger partial charge in [-0.25, -0.2) is 4.79 Å². The molecular weight excluding hydrogens is 456 g/mol. The Labute approximate surface area is 213 Å². The van der Waals surface area contributed by atoms with Crippen LogP contribution in [-0.2, 0) is 9.53 Å². The van der Waals surface area contributed by atoms with Gasteiger partial charge in [0.1, 0.15) is 23.6 Å². The van der Waals surface area contributed by atoms with Gasteiger partial charge in [-0.2, -0.15) is 0 Å². The van der Waals surface area contributed by atoms with Crippen LogP contribution in [0.5, 0.6) is 11.5 Å². The molecule has 1 aliphatic carbocycles. The first kappa shape index (κ1) is 26.0. The van der Waals surface area contributed by atoms with E-state index in [1.807, 2.05) is 44.2 Å². The standard InChI is InChI=1S/C29H38N2O5/c1-19(2)23-16-24(26(33)17-25(23)32)28(34)31-14-12-20(13-15-31)18-30-27(21-8-4-3-5-9-21)29(35)36-22-10-6-7-11-22/h3-5,8-9,16-17,19-20,22,27,30,32-33H,6-7,10-15,18H2,1-2H3/t27-/m0/s1. The van der Waals surface area contributed by atoms with Crippen LogP contribution in [0.25, 0.3) is 0 Å². The number of phenols is 2. The van der Waals surface area contributed by atoms with Gasteiger partial charge in [-0.05, 0) is 74.1 Å². The van der Waals surface area contributed by atoms with Crippen molar-refractivity contribution in [2.75, 3.05) is 19.6 Å². The van der Waals surface area contributed by atoms with E-state index in [0.717, 1.165) is 44.1 Å². The summed E-state index contributed by atoms with van der Waals surface area (Å²) in [5.41, 5.74) is 1.77. The van der Waals surface area contributed by atoms with Gasteiger partial charge in [-0.3, -0.25) is 4.79 Å². The molecule has 7 nitrogen and oxygen atoms in total. The number of hydrogen-bond donors (Lipinski definition) is 3. The molecule has 1 atom stereocenters. The van der Waals surface area contributed by atoms with Gasteiger partial charge in [-0.15, -0.1) is 0 Å². The van der Waals surface area contributed by atoms with Crippen LogP contribution in [-0.4, -0.2) is 52.7 Å². The van der Waals surface area contributed by atoms with Crippen LogP contribution in [0.2, 0.25) is 0 Å². The number of likely N-dealkylation sites (tertiary alicyclic amines) is 1. The summed E-state index contributed by atoms with van der Waals surface area (Å²) >= 11 is 0. The molecule has 2 fully saturated rings. The van der Waals surface area contributed by atoms with Crippen LogP contribution in [0, 0.1) is 5.92 Å². The van der Waals surface area contributed by atoms with Gasteiger partial charge in [0.2, 0.25) is 0 Å². The van der Waals surface area contributed by atoms with Gasteiger partial charge in [0.25, 0.3) is 5.91 Å². The van der Waals surface area contributed by atoms with Crippen molar-refractivity contribution >= 4 is 11.9 Å². The van der Waals surface area contributed by atoms with Crippen molar-refractivity contribution in [2.45, 2.75) is 70.4 Å². The molecule has 4 rings (SSSR count). The summed E-state index contributed by atoms with van der Waals surface area (Å²) in [5.74, 6) is -0.279. The van der Waals surface area contributed by atoms with Gasteiger partial charge in [0, 0.05) is 19.2 Å². The number of nitrogens with one attached hydrogen (secondary N) is 1. The molecule has 2 aliphatic rings. The molecule has 1 aliphatic heterocycles. The largest absolute Gasteiger partial charge is 0.508 e. The Bertz CT molecular complexity index is 1040. The van der Waals surface area contributed by atoms with Gasteiger partial charge in [0.05, 0.1) is 5.56 Å². The van der Waals surface area contributed by atoms with E-state index in [1.54, 1.807) is 11.0 Å². The number of esters is 1. The Morgan fingerprint density at radius 2 is 1.67 bits per heavy atom. The van der Waals surface area contributed by atoms with E-state index in [1.165, 1.54) is 6.07 Å². The molecular formula is C29H38N2O5. The third-order valence-electron chi connectivity index (χ3n) is 7.46. The fourth-order valence-electron chi connectivity index (χ4n) is 5.24. The van der Waals surface area contributed by atoms with E-state index in [9.17, 15) is 19.8 Å². The molecule has 0 unspecified atom stereocenters. The van der Waals surface area contributed by atoms with Crippen LogP contribution in [0.1, 0.15) is 85.8 Å². The highest BCUT2D eigenvalue weighted by atomic mass is 16.5. The molecule has 1 saturated heterocycles. The summed E-state index contributed by atoms with van der Waals surface area (Å²) in [5, 5.41) is 23.8. The number of carbonyl (C=O) groups is 2. The van der Waals surface area contributed by atoms with Gasteiger partial charge < -0.3 is 25.2 Å². The second-order valence-electron chi connectivity index (χ2n) is 10.4. The number of benzene rings is 2. The summed E-state index contributed by atoms with van der Waals surface area (Å²) in [6.07, 6.45) is 5.72. The van der Waals surface area contributed by atoms with Gasteiger partial charge in [-0.1, -0.05) is 44.2 Å². The molecule has 194 valence electrons. The third-order valence-corrected chi connectivity index (χ3v) is 7.46. The summed E-state index contributed by atoms with van der Waals surface area (Å²) < 4.78 is 5.82. The molecule has 3 N–H and O–H groups in total. The number of carbonyl (C=O) groups excluding carboxylic acids is 2. The number of hydrogen-bond acceptors (Lipinski definition) is 6. The first-order chi connectivity index (χ1) is 17.3. The monoisotopic (exact) mass is 494 g/mol. The number of piperidine rings is 1. The predicted octanol–water partition coefficient (Wildman–Crippen LogP) is 4.89. The molecule has 2 aromatic carbocycles. The molecule has 1 amide bonds. The van der Waals surface area contributed by atoms with Crippen molar-refractivity contribution in [3.8, 4) is 11.5 Å². The average Bonchev–Trinajstić information content (AvgIpc) is 3.38. The first-order valence-electron chi connectivity index (χ1n) is 13.2. The van der Waals surface area contributed by atoms with E-state index in [0.29, 0.717) is 31.1 Å². The minimum Gasteiger partial charge on any atom is -0.508 e. The van der Waals surface area contributed by atoms with Crippen LogP contribution < -0.4 is 5.32 Å². The molecule has 2 aromatic rings. The molecule has 1 heterocycles. The second-order valence-corrected chi connectivity index (χ2v) is 10.4. The molecule has 1 saturated carbocycles. The molecule has 36 heavy (non-hydrogen) atoms. The highest BCUT2D eigenvalue weighted by molar-refractivity contribution is 5.97. The smallest absolute Gasteiger partial charge is 0.328 e. The molecule has 0 aromatic heterocycles. The Morgan fingerprint density at radius 3 is 2.31 bits per heavy atom. The molecule has 7 heteroatoms. The van der Waals surface area contributed by atoms with Crippen LogP contribution in [0.4, 0.5) is 0 Å². The number of ether oxygens (including phenoxy) is 1. The highest BCUT2D eigenvalue weighted by Gasteiger charge is 2.30. The zero-order valence-electron chi connectivity index (χ0n) is 21.3. The van der Waals surface area contributed by atoms with Crippen molar-refractivity contribution in [3.05, 3.63) is 59.2 Å². The van der Waals surface area contributed by atoms with Crippen molar-refractivity contribution in [1.29, 1.82) is 0 Å². The lowest BCUT2D eigenvalue weighted by molar-refractivity contribution is -0.151. The number of nitrogens with zero attached hydrogens (tertiary/aromatic N) is 1. The van der Waals surface area contributed by atoms with Crippen molar-refractivity contribution in [3.63, 3.8) is 0 Å². The van der Waals surface area contributed by atoms with Crippen molar-refractivity contribution < 1.29 is 24.5 Å². The summed E-state index contributed by atoms with van der Waals surface area (Å²) in [4.78, 5) is 27.9. The maximum Gasteiger partial charge on any atom is 0.328 e. The maximum atomic E-state index is 13.1. The Balaban J connectivity index is 1.35. The number of phenolic OH excluding ortho intramolecular Hbond substituents is 2. The van der Waals surface area contributed by atoms with Crippen LogP contribution in [0.15, 0.2) is 42.5 Å². The minimum atomic E-state index is -0.505. The molecule has 0 radical (unpaired) electrons. The van der Waals surface area contributed by atoms with E-state index < -0.39 is 6.04 Å². The number of amides is 1. The summed E-state index contributed by atoms with van der Waals surface area (Å²) in [6, 6.07) is 12.1. The maximum absolute atomic E-state index is 13.1. The van der Waals surface area contributed by atoms with Gasteiger partial charge in [0.15, 0.2) is 0 Å². The van der Waals surface area contributed by atoms with Crippen LogP contribution in [0.3, 0.4) is 0 Å². The SMILES string of the molecule is CC(C)c1cc(C(=O)N2CCC(CN[C@H](C(=O)OC3CCCC3)c3ccccc3)CC2)c(O)cc1O. The lowest BCUT2D eigenvalue weighted by atomic mass is 9.94. The zero-order chi connectivity index (χ0) is 25.7. The van der Waals surface area contributed by atoms with Crippen molar-refractivity contribution in [1.82, 2.24) is 10.2 Å². The topological polar surface area (TPSA) is 99.1 Å². The fourth-order valence-corrected chi connectivity index (χ4v) is 5.24. The van der Waals surface area contributed by atoms with Gasteiger partial charge >= 0.3 is 5.97 Å². The fraction of sp³-hybridized carbons (Fsp3) is 0.517. The predicted molar refractivity (Wildman–Crippen MR) is 138 cm³/mol. The molecule has 0 spiro atoms. The van der Waals surface area contributed by atoms with Crippen molar-refractivity contribution in [2.24, 2.45) is 5.92 Å². The Hall–Kier alpha value is -3.06. The van der Waals surface area contributed by atoms with E-state index in [2.05, 4.69) is 5.32 Å². The number of aromatic hydroxyl groups is 2. The minimum absolute atomic E-state index is 0.00302. The quantitative estimate of drug-likeness (QED) is 0.452. The highest BCUT2D eigenvalue weighted by Crippen LogP contribution is 2.33. The van der Waals surface area contributed by atoms with Crippen LogP contribution >= 0.6 is 0 Å². The van der Waals surface area contributed by atoms with E-state index >= 15 is 0 Å². The van der Waals surface area contributed by atoms with E-state index in [4.69, 9.17) is 4.74 Å². The lowest BCUT2D eigenvalue weighted by Gasteiger charge is -2.33. The third kappa shape index (κ3) is 6.19.